The molecule has 6 N–H and O–H groups in total. The van der Waals surface area contributed by atoms with Crippen molar-refractivity contribution in [2.24, 2.45) is 0 Å². The number of ether oxygens (including phenoxy) is 1. The fourth-order valence-electron chi connectivity index (χ4n) is 3.86. The number of phenolic OH excluding ortho intramolecular Hbond substituents is 4. The van der Waals surface area contributed by atoms with Crippen LogP contribution in [-0.2, 0) is 20.2 Å². The van der Waals surface area contributed by atoms with E-state index in [1.54, 1.807) is 54.6 Å². The van der Waals surface area contributed by atoms with E-state index >= 15 is 0 Å². The minimum Gasteiger partial charge on any atom is -0.507 e. The van der Waals surface area contributed by atoms with E-state index in [4.69, 9.17) is 13.8 Å². The Morgan fingerprint density at radius 3 is 1.61 bits per heavy atom. The summed E-state index contributed by atoms with van der Waals surface area (Å²) in [5, 5.41) is 39.9. The number of benzene rings is 5. The number of para-hydroxylation sites is 1. The van der Waals surface area contributed by atoms with Gasteiger partial charge in [-0.3, -0.25) is 9.11 Å². The summed E-state index contributed by atoms with van der Waals surface area (Å²) in [4.78, 5) is 10.8. The number of carbonyl (C=O) groups excluding carboxylic acids is 1. The van der Waals surface area contributed by atoms with E-state index in [0.29, 0.717) is 28.7 Å². The van der Waals surface area contributed by atoms with Crippen LogP contribution in [0.3, 0.4) is 0 Å². The molecule has 0 aliphatic rings. The maximum Gasteiger partial charge on any atom is 0.347 e. The molecule has 0 heterocycles. The Balaban J connectivity index is 0.000000189. The van der Waals surface area contributed by atoms with Crippen LogP contribution in [0.15, 0.2) is 94.7 Å². The molecule has 0 spiro atoms. The second kappa shape index (κ2) is 10.9. The lowest BCUT2D eigenvalue weighted by atomic mass is 10.0. The fraction of sp³-hybridized carbons (Fsp3) is 0. The van der Waals surface area contributed by atoms with Gasteiger partial charge in [0.15, 0.2) is 0 Å². The maximum atomic E-state index is 12.1. The van der Waals surface area contributed by atoms with E-state index in [2.05, 4.69) is 0 Å². The van der Waals surface area contributed by atoms with Crippen molar-refractivity contribution in [2.75, 3.05) is 0 Å². The van der Waals surface area contributed by atoms with Crippen LogP contribution in [-0.4, -0.2) is 52.3 Å². The van der Waals surface area contributed by atoms with Crippen LogP contribution in [0.4, 0.5) is 0 Å². The van der Waals surface area contributed by atoms with Gasteiger partial charge in [0.05, 0.1) is 15.2 Å². The lowest BCUT2D eigenvalue weighted by Crippen LogP contribution is -2.08. The van der Waals surface area contributed by atoms with Gasteiger partial charge in [0.25, 0.3) is 20.2 Å². The molecular weight excluding hydrogens is 580 g/mol. The molecule has 5 aromatic carbocycles. The molecule has 212 valence electrons. The van der Waals surface area contributed by atoms with Crippen molar-refractivity contribution < 1.29 is 55.9 Å². The SMILES string of the molecule is O=C(Oc1ccccc1)c1cc(O)c2ccccc2c1O.O=S(=O)(O)c1cc(O)c2c(O)cc(S(=O)(=O)O)cc2c1. The largest absolute Gasteiger partial charge is 0.507 e. The second-order valence-electron chi connectivity index (χ2n) is 8.47. The first-order chi connectivity index (χ1) is 19.2. The lowest BCUT2D eigenvalue weighted by molar-refractivity contribution is 0.0731. The molecule has 0 amide bonds. The highest BCUT2D eigenvalue weighted by Crippen LogP contribution is 2.37. The van der Waals surface area contributed by atoms with E-state index in [0.717, 1.165) is 12.1 Å². The van der Waals surface area contributed by atoms with Crippen molar-refractivity contribution in [1.29, 1.82) is 0 Å². The number of aromatic hydroxyl groups is 4. The van der Waals surface area contributed by atoms with Gasteiger partial charge >= 0.3 is 5.97 Å². The van der Waals surface area contributed by atoms with Gasteiger partial charge < -0.3 is 25.2 Å². The van der Waals surface area contributed by atoms with Crippen LogP contribution < -0.4 is 4.74 Å². The van der Waals surface area contributed by atoms with Crippen LogP contribution in [0.2, 0.25) is 0 Å². The summed E-state index contributed by atoms with van der Waals surface area (Å²) in [6.45, 7) is 0. The molecular formula is C27H20O12S2. The zero-order valence-corrected chi connectivity index (χ0v) is 22.2. The summed E-state index contributed by atoms with van der Waals surface area (Å²) in [5.41, 5.74) is -0.0740. The summed E-state index contributed by atoms with van der Waals surface area (Å²) in [6.07, 6.45) is 0. The third-order valence-electron chi connectivity index (χ3n) is 5.72. The Morgan fingerprint density at radius 1 is 0.610 bits per heavy atom. The molecule has 0 saturated carbocycles. The van der Waals surface area contributed by atoms with Crippen LogP contribution in [0.25, 0.3) is 21.5 Å². The molecule has 0 saturated heterocycles. The van der Waals surface area contributed by atoms with Crippen molar-refractivity contribution in [3.8, 4) is 28.7 Å². The van der Waals surface area contributed by atoms with E-state index in [1.165, 1.54) is 6.07 Å². The van der Waals surface area contributed by atoms with Crippen LogP contribution >= 0.6 is 0 Å². The van der Waals surface area contributed by atoms with Gasteiger partial charge in [0, 0.05) is 22.9 Å². The molecule has 41 heavy (non-hydrogen) atoms. The maximum absolute atomic E-state index is 12.1. The minimum atomic E-state index is -4.63. The molecule has 5 rings (SSSR count). The van der Waals surface area contributed by atoms with Crippen LogP contribution in [0, 0.1) is 0 Å². The molecule has 0 unspecified atom stereocenters. The molecule has 0 aliphatic carbocycles. The third kappa shape index (κ3) is 6.31. The molecule has 0 bridgehead atoms. The van der Waals surface area contributed by atoms with Crippen molar-refractivity contribution in [3.63, 3.8) is 0 Å². The van der Waals surface area contributed by atoms with Gasteiger partial charge in [-0.25, -0.2) is 4.79 Å². The highest BCUT2D eigenvalue weighted by atomic mass is 32.2. The normalized spacial score (nSPS) is 11.6. The van der Waals surface area contributed by atoms with Gasteiger partial charge in [0.2, 0.25) is 0 Å². The highest BCUT2D eigenvalue weighted by Gasteiger charge is 2.20. The predicted molar refractivity (Wildman–Crippen MR) is 146 cm³/mol. The lowest BCUT2D eigenvalue weighted by Gasteiger charge is -2.09. The summed E-state index contributed by atoms with van der Waals surface area (Å²) >= 11 is 0. The number of phenols is 4. The molecule has 0 aliphatic heterocycles. The van der Waals surface area contributed by atoms with E-state index in [1.807, 2.05) is 0 Å². The average molecular weight is 601 g/mol. The van der Waals surface area contributed by atoms with Crippen LogP contribution in [0.5, 0.6) is 28.7 Å². The molecule has 14 heteroatoms. The summed E-state index contributed by atoms with van der Waals surface area (Å²) in [7, 11) is -9.26. The molecule has 0 fully saturated rings. The second-order valence-corrected chi connectivity index (χ2v) is 11.3. The molecule has 0 aromatic heterocycles. The van der Waals surface area contributed by atoms with E-state index in [9.17, 15) is 42.1 Å². The fourth-order valence-corrected chi connectivity index (χ4v) is 4.93. The van der Waals surface area contributed by atoms with Crippen molar-refractivity contribution >= 4 is 47.8 Å². The first kappa shape index (κ1) is 29.1. The summed E-state index contributed by atoms with van der Waals surface area (Å²) in [5.74, 6) is -1.98. The predicted octanol–water partition coefficient (Wildman–Crippen LogP) is 4.21. The zero-order valence-electron chi connectivity index (χ0n) is 20.5. The van der Waals surface area contributed by atoms with Gasteiger partial charge in [0.1, 0.15) is 34.3 Å². The zero-order chi connectivity index (χ0) is 30.1. The number of fused-ring (bicyclic) bond motifs is 2. The summed E-state index contributed by atoms with van der Waals surface area (Å²) in [6, 6.07) is 19.6. The third-order valence-corrected chi connectivity index (χ3v) is 7.38. The van der Waals surface area contributed by atoms with Gasteiger partial charge in [-0.15, -0.1) is 0 Å². The van der Waals surface area contributed by atoms with Gasteiger partial charge in [-0.2, -0.15) is 16.8 Å². The van der Waals surface area contributed by atoms with Crippen LogP contribution in [0.1, 0.15) is 10.4 Å². The Labute approximate surface area is 232 Å². The average Bonchev–Trinajstić information content (AvgIpc) is 2.90. The Hall–Kier alpha value is -4.89. The Kier molecular flexibility index (Phi) is 7.76. The number of hydrogen-bond acceptors (Lipinski definition) is 10. The molecule has 5 aromatic rings. The highest BCUT2D eigenvalue weighted by molar-refractivity contribution is 7.86. The molecule has 0 radical (unpaired) electrons. The number of carbonyl (C=O) groups is 1. The Bertz CT molecular complexity index is 1950. The first-order valence-electron chi connectivity index (χ1n) is 11.3. The topological polar surface area (TPSA) is 216 Å². The quantitative estimate of drug-likeness (QED) is 0.0740. The smallest absolute Gasteiger partial charge is 0.347 e. The number of esters is 1. The van der Waals surface area contributed by atoms with E-state index in [-0.39, 0.29) is 27.8 Å². The first-order valence-corrected chi connectivity index (χ1v) is 14.2. The van der Waals surface area contributed by atoms with Crippen molar-refractivity contribution in [2.45, 2.75) is 9.79 Å². The molecule has 12 nitrogen and oxygen atoms in total. The van der Waals surface area contributed by atoms with Crippen molar-refractivity contribution in [3.05, 3.63) is 90.5 Å². The summed E-state index contributed by atoms with van der Waals surface area (Å²) < 4.78 is 67.0. The number of rotatable bonds is 4. The monoisotopic (exact) mass is 600 g/mol. The standard InChI is InChI=1S/C17H12O4.C10H8O8S2/c18-15-10-14(16(19)13-9-5-4-8-12(13)15)17(20)21-11-6-2-1-3-7-11;11-8-3-6(19(13,14)15)1-5-2-7(20(16,17)18)4-9(12)10(5)8/h1-10,18-19H;1-4,11-12H,(H,13,14,15)(H,16,17,18). The molecule has 0 atom stereocenters. The van der Waals surface area contributed by atoms with Gasteiger partial charge in [-0.1, -0.05) is 42.5 Å². The van der Waals surface area contributed by atoms with E-state index < -0.39 is 47.5 Å². The number of hydrogen-bond donors (Lipinski definition) is 6. The minimum absolute atomic E-state index is 0.0740. The van der Waals surface area contributed by atoms with Crippen molar-refractivity contribution in [1.82, 2.24) is 0 Å². The van der Waals surface area contributed by atoms with Gasteiger partial charge in [-0.05, 0) is 35.7 Å². The Morgan fingerprint density at radius 2 is 1.10 bits per heavy atom.